The van der Waals surface area contributed by atoms with E-state index < -0.39 is 12.1 Å². The number of methoxy groups -OCH3 is 1. The largest absolute Gasteiger partial charge is 0.497 e. The summed E-state index contributed by atoms with van der Waals surface area (Å²) in [6.07, 6.45) is 0.606. The molecule has 116 valence electrons. The summed E-state index contributed by atoms with van der Waals surface area (Å²) >= 11 is 0. The van der Waals surface area contributed by atoms with Crippen LogP contribution in [0.25, 0.3) is 0 Å². The van der Waals surface area contributed by atoms with Crippen molar-refractivity contribution in [1.82, 2.24) is 5.32 Å². The second-order valence-electron chi connectivity index (χ2n) is 4.50. The summed E-state index contributed by atoms with van der Waals surface area (Å²) in [5.74, 6) is 0.288. The van der Waals surface area contributed by atoms with Crippen LogP contribution >= 0.6 is 0 Å². The lowest BCUT2D eigenvalue weighted by Crippen LogP contribution is -2.43. The lowest BCUT2D eigenvalue weighted by Gasteiger charge is -2.16. The fourth-order valence-corrected chi connectivity index (χ4v) is 1.81. The first-order valence-electron chi connectivity index (χ1n) is 6.71. The van der Waals surface area contributed by atoms with E-state index in [1.165, 1.54) is 0 Å². The number of nitrogens with two attached hydrogens (primary N) is 1. The molecule has 1 rings (SSSR count). The first-order chi connectivity index (χ1) is 10.1. The molecule has 0 fully saturated rings. The van der Waals surface area contributed by atoms with Crippen molar-refractivity contribution in [1.29, 1.82) is 0 Å². The SMILES string of the molecule is COc1ccc(NC(=O)C(CCCCN)NC(=O)O)cc1. The van der Waals surface area contributed by atoms with Gasteiger partial charge in [-0.15, -0.1) is 0 Å². The van der Waals surface area contributed by atoms with Crippen molar-refractivity contribution in [3.05, 3.63) is 24.3 Å². The molecule has 0 aliphatic heterocycles. The second-order valence-corrected chi connectivity index (χ2v) is 4.50. The average Bonchev–Trinajstić information content (AvgIpc) is 2.46. The van der Waals surface area contributed by atoms with Gasteiger partial charge in [-0.2, -0.15) is 0 Å². The van der Waals surface area contributed by atoms with Crippen LogP contribution in [0.5, 0.6) is 5.75 Å². The highest BCUT2D eigenvalue weighted by atomic mass is 16.5. The molecule has 0 spiro atoms. The van der Waals surface area contributed by atoms with E-state index in [0.717, 1.165) is 6.42 Å². The Morgan fingerprint density at radius 3 is 2.48 bits per heavy atom. The van der Waals surface area contributed by atoms with Crippen molar-refractivity contribution >= 4 is 17.7 Å². The van der Waals surface area contributed by atoms with Crippen molar-refractivity contribution in [3.63, 3.8) is 0 Å². The van der Waals surface area contributed by atoms with E-state index >= 15 is 0 Å². The first kappa shape index (κ1) is 16.8. The number of hydrogen-bond donors (Lipinski definition) is 4. The third-order valence-electron chi connectivity index (χ3n) is 2.92. The summed E-state index contributed by atoms with van der Waals surface area (Å²) in [6, 6.07) is 6.01. The predicted octanol–water partition coefficient (Wildman–Crippen LogP) is 1.40. The molecule has 5 N–H and O–H groups in total. The van der Waals surface area contributed by atoms with Gasteiger partial charge in [0.1, 0.15) is 11.8 Å². The molecule has 0 saturated carbocycles. The molecule has 0 bridgehead atoms. The Balaban J connectivity index is 2.62. The molecule has 1 atom stereocenters. The summed E-state index contributed by atoms with van der Waals surface area (Å²) in [4.78, 5) is 22.8. The third kappa shape index (κ3) is 6.13. The Morgan fingerprint density at radius 2 is 1.95 bits per heavy atom. The van der Waals surface area contributed by atoms with Crippen molar-refractivity contribution in [3.8, 4) is 5.75 Å². The fourth-order valence-electron chi connectivity index (χ4n) is 1.81. The smallest absolute Gasteiger partial charge is 0.405 e. The van der Waals surface area contributed by atoms with Crippen LogP contribution in [0, 0.1) is 0 Å². The van der Waals surface area contributed by atoms with Crippen LogP contribution in [0.4, 0.5) is 10.5 Å². The van der Waals surface area contributed by atoms with E-state index in [1.807, 2.05) is 0 Å². The second kappa shape index (κ2) is 8.80. The van der Waals surface area contributed by atoms with Gasteiger partial charge in [0.15, 0.2) is 0 Å². The van der Waals surface area contributed by atoms with E-state index in [2.05, 4.69) is 10.6 Å². The quantitative estimate of drug-likeness (QED) is 0.541. The molecule has 1 aromatic rings. The minimum absolute atomic E-state index is 0.389. The number of unbranched alkanes of at least 4 members (excludes halogenated alkanes) is 1. The molecular formula is C14H21N3O4. The van der Waals surface area contributed by atoms with Gasteiger partial charge >= 0.3 is 6.09 Å². The molecular weight excluding hydrogens is 274 g/mol. The number of amides is 2. The molecule has 2 amide bonds. The molecule has 0 aliphatic carbocycles. The monoisotopic (exact) mass is 295 g/mol. The number of nitrogens with one attached hydrogen (secondary N) is 2. The highest BCUT2D eigenvalue weighted by molar-refractivity contribution is 5.96. The Bertz CT molecular complexity index is 462. The van der Waals surface area contributed by atoms with Crippen molar-refractivity contribution in [2.75, 3.05) is 19.0 Å². The van der Waals surface area contributed by atoms with Crippen LogP contribution in [0.1, 0.15) is 19.3 Å². The van der Waals surface area contributed by atoms with Crippen molar-refractivity contribution < 1.29 is 19.4 Å². The Morgan fingerprint density at radius 1 is 1.29 bits per heavy atom. The number of carbonyl (C=O) groups excluding carboxylic acids is 1. The number of hydrogen-bond acceptors (Lipinski definition) is 4. The average molecular weight is 295 g/mol. The topological polar surface area (TPSA) is 114 Å². The number of carbonyl (C=O) groups is 2. The first-order valence-corrected chi connectivity index (χ1v) is 6.71. The molecule has 7 heteroatoms. The van der Waals surface area contributed by atoms with E-state index in [1.54, 1.807) is 31.4 Å². The standard InChI is InChI=1S/C14H21N3O4/c1-21-11-7-5-10(6-8-11)16-13(18)12(17-14(19)20)4-2-3-9-15/h5-8,12,17H,2-4,9,15H2,1H3,(H,16,18)(H,19,20). The number of rotatable bonds is 8. The molecule has 0 saturated heterocycles. The molecule has 0 radical (unpaired) electrons. The zero-order valence-corrected chi connectivity index (χ0v) is 12.0. The van der Waals surface area contributed by atoms with E-state index in [4.69, 9.17) is 15.6 Å². The predicted molar refractivity (Wildman–Crippen MR) is 79.5 cm³/mol. The zero-order valence-electron chi connectivity index (χ0n) is 12.0. The van der Waals surface area contributed by atoms with Gasteiger partial charge in [0.25, 0.3) is 0 Å². The molecule has 0 aromatic heterocycles. The van der Waals surface area contributed by atoms with E-state index in [9.17, 15) is 9.59 Å². The van der Waals surface area contributed by atoms with Crippen LogP contribution in [-0.2, 0) is 4.79 Å². The highest BCUT2D eigenvalue weighted by Crippen LogP contribution is 2.15. The van der Waals surface area contributed by atoms with Crippen LogP contribution < -0.4 is 21.1 Å². The van der Waals surface area contributed by atoms with Gasteiger partial charge in [-0.25, -0.2) is 4.79 Å². The molecule has 0 heterocycles. The Kier molecular flexibility index (Phi) is 7.03. The van der Waals surface area contributed by atoms with Gasteiger partial charge in [0, 0.05) is 5.69 Å². The third-order valence-corrected chi connectivity index (χ3v) is 2.92. The van der Waals surface area contributed by atoms with Gasteiger partial charge in [-0.1, -0.05) is 0 Å². The maximum absolute atomic E-state index is 12.1. The van der Waals surface area contributed by atoms with Crippen LogP contribution in [0.2, 0.25) is 0 Å². The molecule has 21 heavy (non-hydrogen) atoms. The van der Waals surface area contributed by atoms with Gasteiger partial charge in [-0.05, 0) is 50.1 Å². The Hall–Kier alpha value is -2.28. The minimum Gasteiger partial charge on any atom is -0.497 e. The van der Waals surface area contributed by atoms with Gasteiger partial charge in [0.2, 0.25) is 5.91 Å². The number of anilines is 1. The van der Waals surface area contributed by atoms with Crippen LogP contribution in [0.3, 0.4) is 0 Å². The van der Waals surface area contributed by atoms with Gasteiger partial charge < -0.3 is 26.2 Å². The van der Waals surface area contributed by atoms with Crippen LogP contribution in [0.15, 0.2) is 24.3 Å². The number of benzene rings is 1. The van der Waals surface area contributed by atoms with Crippen molar-refractivity contribution in [2.45, 2.75) is 25.3 Å². The Labute approximate surface area is 123 Å². The summed E-state index contributed by atoms with van der Waals surface area (Å²) in [5, 5.41) is 13.7. The summed E-state index contributed by atoms with van der Waals surface area (Å²) in [5.41, 5.74) is 5.97. The lowest BCUT2D eigenvalue weighted by atomic mass is 10.1. The lowest BCUT2D eigenvalue weighted by molar-refractivity contribution is -0.118. The number of ether oxygens (including phenoxy) is 1. The maximum Gasteiger partial charge on any atom is 0.405 e. The minimum atomic E-state index is -1.22. The normalized spacial score (nSPS) is 11.5. The molecule has 1 unspecified atom stereocenters. The summed E-state index contributed by atoms with van der Waals surface area (Å²) < 4.78 is 5.03. The van der Waals surface area contributed by atoms with Gasteiger partial charge in [0.05, 0.1) is 7.11 Å². The fraction of sp³-hybridized carbons (Fsp3) is 0.429. The van der Waals surface area contributed by atoms with Crippen molar-refractivity contribution in [2.24, 2.45) is 5.73 Å². The summed E-state index contributed by atoms with van der Waals surface area (Å²) in [7, 11) is 1.55. The van der Waals surface area contributed by atoms with E-state index in [-0.39, 0.29) is 5.91 Å². The molecule has 1 aromatic carbocycles. The molecule has 0 aliphatic rings. The van der Waals surface area contributed by atoms with Crippen LogP contribution in [-0.4, -0.2) is 36.8 Å². The number of carboxylic acid groups (broad SMARTS) is 1. The maximum atomic E-state index is 12.1. The zero-order chi connectivity index (χ0) is 15.7. The highest BCUT2D eigenvalue weighted by Gasteiger charge is 2.20. The summed E-state index contributed by atoms with van der Waals surface area (Å²) in [6.45, 7) is 0.514. The van der Waals surface area contributed by atoms with E-state index in [0.29, 0.717) is 30.8 Å². The van der Waals surface area contributed by atoms with Gasteiger partial charge in [-0.3, -0.25) is 4.79 Å². The molecule has 7 nitrogen and oxygen atoms in total.